The molecule has 0 aliphatic carbocycles. The highest BCUT2D eigenvalue weighted by Crippen LogP contribution is 2.41. The molecule has 5 nitrogen and oxygen atoms in total. The van der Waals surface area contributed by atoms with Crippen molar-refractivity contribution in [2.24, 2.45) is 5.16 Å². The van der Waals surface area contributed by atoms with Gasteiger partial charge < -0.3 is 15.5 Å². The standard InChI is InChI=1S/C17H12ClN3O2/c1-23-21-15-9-5-2-3-8-12(9)19-16(15)13-10-6-4-7-11(18)14(10)20-17(13)22/h2-8,19H,1H3,(H,20,22)/b16-13-,21-15+. The van der Waals surface area contributed by atoms with Crippen LogP contribution < -0.4 is 10.6 Å². The van der Waals surface area contributed by atoms with Crippen LogP contribution in [0.15, 0.2) is 53.3 Å². The molecule has 0 atom stereocenters. The zero-order valence-electron chi connectivity index (χ0n) is 12.2. The minimum absolute atomic E-state index is 0.216. The quantitative estimate of drug-likeness (QED) is 0.623. The van der Waals surface area contributed by atoms with E-state index in [0.29, 0.717) is 27.7 Å². The Bertz CT molecular complexity index is 902. The Morgan fingerprint density at radius 2 is 1.83 bits per heavy atom. The molecule has 0 saturated carbocycles. The van der Waals surface area contributed by atoms with Gasteiger partial charge in [0.2, 0.25) is 0 Å². The summed E-state index contributed by atoms with van der Waals surface area (Å²) in [6.07, 6.45) is 0. The lowest BCUT2D eigenvalue weighted by molar-refractivity contribution is -0.110. The average Bonchev–Trinajstić information content (AvgIpc) is 3.06. The predicted molar refractivity (Wildman–Crippen MR) is 90.6 cm³/mol. The Kier molecular flexibility index (Phi) is 3.09. The molecule has 0 aromatic heterocycles. The van der Waals surface area contributed by atoms with Crippen LogP contribution in [0.3, 0.4) is 0 Å². The van der Waals surface area contributed by atoms with Crippen molar-refractivity contribution in [2.45, 2.75) is 0 Å². The van der Waals surface area contributed by atoms with Gasteiger partial charge in [0.25, 0.3) is 5.91 Å². The number of rotatable bonds is 1. The second-order valence-corrected chi connectivity index (χ2v) is 5.57. The van der Waals surface area contributed by atoms with Gasteiger partial charge in [-0.2, -0.15) is 0 Å². The Morgan fingerprint density at radius 1 is 1.04 bits per heavy atom. The number of anilines is 2. The summed E-state index contributed by atoms with van der Waals surface area (Å²) in [5, 5.41) is 10.7. The van der Waals surface area contributed by atoms with Crippen molar-refractivity contribution < 1.29 is 9.63 Å². The molecule has 0 spiro atoms. The molecule has 2 aromatic rings. The van der Waals surface area contributed by atoms with Gasteiger partial charge in [0.05, 0.1) is 22.0 Å². The molecule has 2 aromatic carbocycles. The van der Waals surface area contributed by atoms with E-state index in [0.717, 1.165) is 16.8 Å². The molecule has 0 bridgehead atoms. The Labute approximate surface area is 137 Å². The van der Waals surface area contributed by atoms with E-state index in [1.54, 1.807) is 6.07 Å². The molecule has 2 heterocycles. The normalized spacial score (nSPS) is 20.1. The van der Waals surface area contributed by atoms with Crippen LogP contribution in [-0.4, -0.2) is 18.7 Å². The summed E-state index contributed by atoms with van der Waals surface area (Å²) in [5.74, 6) is -0.216. The molecule has 0 unspecified atom stereocenters. The molecular formula is C17H12ClN3O2. The number of nitrogens with one attached hydrogen (secondary N) is 2. The lowest BCUT2D eigenvalue weighted by atomic mass is 10.0. The summed E-state index contributed by atoms with van der Waals surface area (Å²) < 4.78 is 0. The fourth-order valence-electron chi connectivity index (χ4n) is 2.90. The van der Waals surface area contributed by atoms with Crippen molar-refractivity contribution in [1.82, 2.24) is 0 Å². The fraction of sp³-hybridized carbons (Fsp3) is 0.0588. The first-order valence-corrected chi connectivity index (χ1v) is 7.41. The topological polar surface area (TPSA) is 62.7 Å². The van der Waals surface area contributed by atoms with E-state index in [9.17, 15) is 4.79 Å². The number of oxime groups is 1. The first kappa shape index (κ1) is 13.8. The SMILES string of the molecule is CO/N=C1/C(=C2/C(=O)Nc3c(Cl)cccc32)Nc2ccccc21. The smallest absolute Gasteiger partial charge is 0.258 e. The van der Waals surface area contributed by atoms with Gasteiger partial charge in [0.1, 0.15) is 12.8 Å². The molecule has 6 heteroatoms. The van der Waals surface area contributed by atoms with E-state index in [4.69, 9.17) is 16.4 Å². The maximum Gasteiger partial charge on any atom is 0.258 e. The van der Waals surface area contributed by atoms with E-state index in [-0.39, 0.29) is 5.91 Å². The monoisotopic (exact) mass is 325 g/mol. The van der Waals surface area contributed by atoms with Crippen LogP contribution in [0, 0.1) is 0 Å². The van der Waals surface area contributed by atoms with Crippen molar-refractivity contribution in [3.63, 3.8) is 0 Å². The highest BCUT2D eigenvalue weighted by molar-refractivity contribution is 6.43. The summed E-state index contributed by atoms with van der Waals surface area (Å²) in [4.78, 5) is 17.5. The van der Waals surface area contributed by atoms with Gasteiger partial charge in [0, 0.05) is 16.8 Å². The summed E-state index contributed by atoms with van der Waals surface area (Å²) in [6, 6.07) is 13.1. The molecule has 4 rings (SSSR count). The third-order valence-electron chi connectivity index (χ3n) is 3.86. The molecule has 0 radical (unpaired) electrons. The number of carbonyl (C=O) groups excluding carboxylic acids is 1. The number of benzene rings is 2. The molecule has 0 fully saturated rings. The van der Waals surface area contributed by atoms with Gasteiger partial charge >= 0.3 is 0 Å². The van der Waals surface area contributed by atoms with Crippen LogP contribution in [0.1, 0.15) is 11.1 Å². The van der Waals surface area contributed by atoms with Crippen LogP contribution in [0.5, 0.6) is 0 Å². The van der Waals surface area contributed by atoms with Crippen molar-refractivity contribution in [3.05, 3.63) is 64.3 Å². The van der Waals surface area contributed by atoms with Crippen molar-refractivity contribution in [2.75, 3.05) is 17.7 Å². The number of hydrogen-bond donors (Lipinski definition) is 2. The number of hydrogen-bond acceptors (Lipinski definition) is 4. The second kappa shape index (κ2) is 5.14. The number of amides is 1. The zero-order valence-corrected chi connectivity index (χ0v) is 12.9. The van der Waals surface area contributed by atoms with E-state index >= 15 is 0 Å². The lowest BCUT2D eigenvalue weighted by Gasteiger charge is -2.06. The number of para-hydroxylation sites is 2. The van der Waals surface area contributed by atoms with Gasteiger partial charge in [-0.25, -0.2) is 0 Å². The Balaban J connectivity index is 1.98. The first-order chi connectivity index (χ1) is 11.2. The van der Waals surface area contributed by atoms with Gasteiger partial charge in [-0.05, 0) is 12.1 Å². The molecule has 114 valence electrons. The minimum Gasteiger partial charge on any atom is -0.399 e. The summed E-state index contributed by atoms with van der Waals surface area (Å²) in [6.45, 7) is 0. The third-order valence-corrected chi connectivity index (χ3v) is 4.17. The molecule has 0 saturated heterocycles. The van der Waals surface area contributed by atoms with Gasteiger partial charge in [-0.3, -0.25) is 4.79 Å². The Morgan fingerprint density at radius 3 is 2.65 bits per heavy atom. The zero-order chi connectivity index (χ0) is 16.0. The van der Waals surface area contributed by atoms with Crippen LogP contribution in [0.2, 0.25) is 5.02 Å². The van der Waals surface area contributed by atoms with E-state index in [2.05, 4.69) is 15.8 Å². The second-order valence-electron chi connectivity index (χ2n) is 5.16. The van der Waals surface area contributed by atoms with Gasteiger partial charge in [-0.15, -0.1) is 0 Å². The highest BCUT2D eigenvalue weighted by Gasteiger charge is 2.34. The van der Waals surface area contributed by atoms with Crippen LogP contribution in [0.25, 0.3) is 5.57 Å². The number of allylic oxidation sites excluding steroid dienone is 1. The maximum atomic E-state index is 12.5. The van der Waals surface area contributed by atoms with Crippen molar-refractivity contribution >= 4 is 40.2 Å². The summed E-state index contributed by atoms with van der Waals surface area (Å²) in [7, 11) is 1.48. The largest absolute Gasteiger partial charge is 0.399 e. The maximum absolute atomic E-state index is 12.5. The Hall–Kier alpha value is -2.79. The average molecular weight is 326 g/mol. The fourth-order valence-corrected chi connectivity index (χ4v) is 3.12. The van der Waals surface area contributed by atoms with Crippen LogP contribution >= 0.6 is 11.6 Å². The van der Waals surface area contributed by atoms with E-state index in [1.165, 1.54) is 7.11 Å². The molecule has 2 N–H and O–H groups in total. The number of halogens is 1. The lowest BCUT2D eigenvalue weighted by Crippen LogP contribution is -2.12. The van der Waals surface area contributed by atoms with Gasteiger partial charge in [-0.1, -0.05) is 47.1 Å². The summed E-state index contributed by atoms with van der Waals surface area (Å²) >= 11 is 6.18. The van der Waals surface area contributed by atoms with E-state index < -0.39 is 0 Å². The van der Waals surface area contributed by atoms with Crippen molar-refractivity contribution in [1.29, 1.82) is 0 Å². The molecule has 1 amide bonds. The predicted octanol–water partition coefficient (Wildman–Crippen LogP) is 3.48. The summed E-state index contributed by atoms with van der Waals surface area (Å²) in [5.41, 5.74) is 4.87. The first-order valence-electron chi connectivity index (χ1n) is 7.03. The molecule has 2 aliphatic rings. The third kappa shape index (κ3) is 2.01. The molecular weight excluding hydrogens is 314 g/mol. The van der Waals surface area contributed by atoms with Crippen LogP contribution in [-0.2, 0) is 9.63 Å². The molecule has 23 heavy (non-hydrogen) atoms. The number of fused-ring (bicyclic) bond motifs is 2. The number of nitrogens with zero attached hydrogens (tertiary/aromatic N) is 1. The van der Waals surface area contributed by atoms with E-state index in [1.807, 2.05) is 36.4 Å². The molecule has 2 aliphatic heterocycles. The minimum atomic E-state index is -0.216. The van der Waals surface area contributed by atoms with Gasteiger partial charge in [0.15, 0.2) is 0 Å². The van der Waals surface area contributed by atoms with Crippen LogP contribution in [0.4, 0.5) is 11.4 Å². The number of carbonyl (C=O) groups is 1. The van der Waals surface area contributed by atoms with Crippen molar-refractivity contribution in [3.8, 4) is 0 Å². The highest BCUT2D eigenvalue weighted by atomic mass is 35.5.